The van der Waals surface area contributed by atoms with E-state index in [4.69, 9.17) is 5.73 Å². The molecule has 36 heavy (non-hydrogen) atoms. The predicted octanol–water partition coefficient (Wildman–Crippen LogP) is -2.67. The van der Waals surface area contributed by atoms with Gasteiger partial charge in [-0.2, -0.15) is 0 Å². The number of hydrogen-bond acceptors (Lipinski definition) is 8. The van der Waals surface area contributed by atoms with Crippen LogP contribution in [0.2, 0.25) is 0 Å². The minimum absolute atomic E-state index is 0.0350. The van der Waals surface area contributed by atoms with Crippen LogP contribution in [-0.4, -0.2) is 88.1 Å². The van der Waals surface area contributed by atoms with E-state index in [0.717, 1.165) is 0 Å². The highest BCUT2D eigenvalue weighted by Gasteiger charge is 2.32. The number of nitrogens with one attached hydrogen (secondary N) is 5. The first-order valence-corrected chi connectivity index (χ1v) is 11.7. The molecule has 206 valence electrons. The molecular formula is C22H40N6O8. The molecule has 0 bridgehead atoms. The third-order valence-corrected chi connectivity index (χ3v) is 5.05. The van der Waals surface area contributed by atoms with Crippen molar-refractivity contribution in [1.82, 2.24) is 26.6 Å². The summed E-state index contributed by atoms with van der Waals surface area (Å²) in [6.45, 7) is 10.4. The first-order chi connectivity index (χ1) is 16.5. The van der Waals surface area contributed by atoms with E-state index in [1.165, 1.54) is 34.6 Å². The standard InChI is InChI=1S/C22H40N6O8/c1-9(2)8-15(22(35)36)27-21(34)16(14(7)29)28-20(33)13(6)26-19(32)12(5)25-18(31)11(4)24-17(30)10(3)23/h9-16,29H,8,23H2,1-7H3,(H,24,30)(H,25,31)(H,26,32)(H,27,34)(H,28,33)(H,35,36). The molecule has 0 aromatic heterocycles. The van der Waals surface area contributed by atoms with E-state index >= 15 is 0 Å². The van der Waals surface area contributed by atoms with Crippen molar-refractivity contribution in [3.63, 3.8) is 0 Å². The molecule has 14 nitrogen and oxygen atoms in total. The highest BCUT2D eigenvalue weighted by atomic mass is 16.4. The van der Waals surface area contributed by atoms with Gasteiger partial charge >= 0.3 is 5.97 Å². The number of carbonyl (C=O) groups excluding carboxylic acids is 5. The van der Waals surface area contributed by atoms with Crippen LogP contribution >= 0.6 is 0 Å². The lowest BCUT2D eigenvalue weighted by molar-refractivity contribution is -0.143. The van der Waals surface area contributed by atoms with E-state index < -0.39 is 77.9 Å². The van der Waals surface area contributed by atoms with Crippen LogP contribution in [-0.2, 0) is 28.8 Å². The number of nitrogens with two attached hydrogens (primary N) is 1. The summed E-state index contributed by atoms with van der Waals surface area (Å²) < 4.78 is 0. The summed E-state index contributed by atoms with van der Waals surface area (Å²) in [6, 6.07) is -6.72. The lowest BCUT2D eigenvalue weighted by Crippen LogP contribution is -2.59. The summed E-state index contributed by atoms with van der Waals surface area (Å²) in [5.41, 5.74) is 5.43. The second-order valence-corrected chi connectivity index (χ2v) is 9.24. The van der Waals surface area contributed by atoms with E-state index in [1.807, 2.05) is 0 Å². The van der Waals surface area contributed by atoms with Crippen molar-refractivity contribution in [2.75, 3.05) is 0 Å². The molecule has 0 saturated heterocycles. The van der Waals surface area contributed by atoms with Gasteiger partial charge in [0.25, 0.3) is 0 Å². The van der Waals surface area contributed by atoms with Crippen LogP contribution in [0.3, 0.4) is 0 Å². The van der Waals surface area contributed by atoms with Gasteiger partial charge in [-0.05, 0) is 47.0 Å². The monoisotopic (exact) mass is 516 g/mol. The van der Waals surface area contributed by atoms with Crippen LogP contribution < -0.4 is 32.3 Å². The Balaban J connectivity index is 5.03. The Kier molecular flexibility index (Phi) is 13.6. The van der Waals surface area contributed by atoms with Crippen molar-refractivity contribution in [2.24, 2.45) is 11.7 Å². The zero-order chi connectivity index (χ0) is 28.3. The fourth-order valence-corrected chi connectivity index (χ4v) is 2.86. The smallest absolute Gasteiger partial charge is 0.326 e. The van der Waals surface area contributed by atoms with Crippen molar-refractivity contribution in [1.29, 1.82) is 0 Å². The molecule has 0 aromatic rings. The molecule has 0 fully saturated rings. The Morgan fingerprint density at radius 3 is 1.36 bits per heavy atom. The molecule has 5 amide bonds. The average molecular weight is 517 g/mol. The Morgan fingerprint density at radius 2 is 1.03 bits per heavy atom. The SMILES string of the molecule is CC(C)CC(NC(=O)C(NC(=O)C(C)NC(=O)C(C)NC(=O)C(C)NC(=O)C(C)N)C(C)O)C(=O)O. The summed E-state index contributed by atoms with van der Waals surface area (Å²) in [5.74, 6) is -4.93. The zero-order valence-electron chi connectivity index (χ0n) is 21.7. The first-order valence-electron chi connectivity index (χ1n) is 11.7. The van der Waals surface area contributed by atoms with Crippen LogP contribution in [0.4, 0.5) is 0 Å². The normalized spacial score (nSPS) is 16.8. The first kappa shape index (κ1) is 32.7. The Bertz CT molecular complexity index is 816. The summed E-state index contributed by atoms with van der Waals surface area (Å²) in [5, 5.41) is 31.0. The maximum Gasteiger partial charge on any atom is 0.326 e. The molecule has 0 aliphatic rings. The largest absolute Gasteiger partial charge is 0.480 e. The lowest BCUT2D eigenvalue weighted by Gasteiger charge is -2.26. The van der Waals surface area contributed by atoms with Crippen LogP contribution in [0.15, 0.2) is 0 Å². The van der Waals surface area contributed by atoms with Gasteiger partial charge in [0, 0.05) is 0 Å². The van der Waals surface area contributed by atoms with E-state index in [2.05, 4.69) is 26.6 Å². The third kappa shape index (κ3) is 11.4. The van der Waals surface area contributed by atoms with Crippen LogP contribution in [0.1, 0.15) is 54.9 Å². The van der Waals surface area contributed by atoms with Gasteiger partial charge in [0.1, 0.15) is 30.2 Å². The molecule has 0 rings (SSSR count). The summed E-state index contributed by atoms with van der Waals surface area (Å²) in [4.78, 5) is 72.7. The molecule has 0 radical (unpaired) electrons. The van der Waals surface area contributed by atoms with Gasteiger partial charge < -0.3 is 42.5 Å². The number of amides is 5. The molecular weight excluding hydrogens is 476 g/mol. The lowest BCUT2D eigenvalue weighted by atomic mass is 10.0. The fourth-order valence-electron chi connectivity index (χ4n) is 2.86. The minimum Gasteiger partial charge on any atom is -0.480 e. The van der Waals surface area contributed by atoms with Crippen LogP contribution in [0.5, 0.6) is 0 Å². The number of carboxylic acids is 1. The predicted molar refractivity (Wildman–Crippen MR) is 129 cm³/mol. The van der Waals surface area contributed by atoms with Crippen molar-refractivity contribution in [2.45, 2.75) is 97.2 Å². The van der Waals surface area contributed by atoms with Crippen molar-refractivity contribution in [3.05, 3.63) is 0 Å². The summed E-state index contributed by atoms with van der Waals surface area (Å²) in [7, 11) is 0. The van der Waals surface area contributed by atoms with Gasteiger partial charge in [0.15, 0.2) is 0 Å². The summed E-state index contributed by atoms with van der Waals surface area (Å²) in [6.07, 6.45) is -1.22. The fraction of sp³-hybridized carbons (Fsp3) is 0.727. The molecule has 14 heteroatoms. The Labute approximate surface area is 210 Å². The number of rotatable bonds is 14. The zero-order valence-corrected chi connectivity index (χ0v) is 21.7. The van der Waals surface area contributed by atoms with E-state index in [9.17, 15) is 39.0 Å². The molecule has 0 aromatic carbocycles. The van der Waals surface area contributed by atoms with E-state index in [-0.39, 0.29) is 12.3 Å². The van der Waals surface area contributed by atoms with Crippen LogP contribution in [0, 0.1) is 5.92 Å². The molecule has 7 atom stereocenters. The van der Waals surface area contributed by atoms with Crippen molar-refractivity contribution < 1.29 is 39.0 Å². The molecule has 0 spiro atoms. The van der Waals surface area contributed by atoms with Crippen LogP contribution in [0.25, 0.3) is 0 Å². The highest BCUT2D eigenvalue weighted by molar-refractivity contribution is 5.96. The number of hydrogen-bond donors (Lipinski definition) is 8. The average Bonchev–Trinajstić information content (AvgIpc) is 2.75. The molecule has 0 aliphatic heterocycles. The molecule has 0 heterocycles. The maximum atomic E-state index is 12.6. The van der Waals surface area contributed by atoms with E-state index in [0.29, 0.717) is 0 Å². The topological polar surface area (TPSA) is 229 Å². The van der Waals surface area contributed by atoms with Crippen molar-refractivity contribution in [3.8, 4) is 0 Å². The number of carboxylic acid groups (broad SMARTS) is 1. The Morgan fingerprint density at radius 1 is 0.639 bits per heavy atom. The quantitative estimate of drug-likeness (QED) is 0.120. The molecule has 0 saturated carbocycles. The third-order valence-electron chi connectivity index (χ3n) is 5.05. The number of carbonyl (C=O) groups is 6. The highest BCUT2D eigenvalue weighted by Crippen LogP contribution is 2.06. The van der Waals surface area contributed by atoms with E-state index in [1.54, 1.807) is 13.8 Å². The number of aliphatic hydroxyl groups is 1. The second-order valence-electron chi connectivity index (χ2n) is 9.24. The molecule has 0 aliphatic carbocycles. The molecule has 9 N–H and O–H groups in total. The van der Waals surface area contributed by atoms with Crippen molar-refractivity contribution >= 4 is 35.5 Å². The van der Waals surface area contributed by atoms with Gasteiger partial charge in [-0.3, -0.25) is 24.0 Å². The van der Waals surface area contributed by atoms with Gasteiger partial charge in [-0.1, -0.05) is 13.8 Å². The van der Waals surface area contributed by atoms with Gasteiger partial charge in [-0.15, -0.1) is 0 Å². The van der Waals surface area contributed by atoms with Gasteiger partial charge in [0.2, 0.25) is 29.5 Å². The van der Waals surface area contributed by atoms with Gasteiger partial charge in [0.05, 0.1) is 12.1 Å². The maximum absolute atomic E-state index is 12.6. The minimum atomic E-state index is -1.47. The Hall–Kier alpha value is -3.26. The van der Waals surface area contributed by atoms with Gasteiger partial charge in [-0.25, -0.2) is 4.79 Å². The second kappa shape index (κ2) is 15.0. The molecule has 7 unspecified atom stereocenters. The number of aliphatic carboxylic acids is 1. The number of aliphatic hydroxyl groups excluding tert-OH is 1. The summed E-state index contributed by atoms with van der Waals surface area (Å²) >= 11 is 0.